The fourth-order valence-corrected chi connectivity index (χ4v) is 2.73. The van der Waals surface area contributed by atoms with Gasteiger partial charge in [-0.2, -0.15) is 0 Å². The van der Waals surface area contributed by atoms with Crippen LogP contribution < -0.4 is 0 Å². The SMILES string of the molecule is C=CC(=N/C=C(/C)C(C)C)c1cc(-c2cnco2)sc1C. The molecule has 3 nitrogen and oxygen atoms in total. The topological polar surface area (TPSA) is 38.4 Å². The average molecular weight is 300 g/mol. The highest BCUT2D eigenvalue weighted by molar-refractivity contribution is 7.15. The fraction of sp³-hybridized carbons (Fsp3) is 0.294. The van der Waals surface area contributed by atoms with E-state index in [1.54, 1.807) is 23.6 Å². The molecule has 0 fully saturated rings. The molecule has 0 saturated carbocycles. The molecule has 0 bridgehead atoms. The molecule has 4 heteroatoms. The summed E-state index contributed by atoms with van der Waals surface area (Å²) < 4.78 is 5.35. The van der Waals surface area contributed by atoms with E-state index in [2.05, 4.69) is 50.3 Å². The lowest BCUT2D eigenvalue weighted by atomic mass is 10.1. The number of hydrogen-bond acceptors (Lipinski definition) is 4. The second-order valence-corrected chi connectivity index (χ2v) is 6.45. The van der Waals surface area contributed by atoms with Crippen molar-refractivity contribution in [3.63, 3.8) is 0 Å². The summed E-state index contributed by atoms with van der Waals surface area (Å²) in [6.45, 7) is 12.4. The highest BCUT2D eigenvalue weighted by Crippen LogP contribution is 2.31. The molecule has 0 unspecified atom stereocenters. The van der Waals surface area contributed by atoms with Crippen LogP contribution in [-0.4, -0.2) is 10.7 Å². The molecule has 21 heavy (non-hydrogen) atoms. The molecule has 0 atom stereocenters. The Morgan fingerprint density at radius 3 is 2.81 bits per heavy atom. The van der Waals surface area contributed by atoms with Gasteiger partial charge in [0.15, 0.2) is 12.2 Å². The van der Waals surface area contributed by atoms with Crippen molar-refractivity contribution in [2.24, 2.45) is 10.9 Å². The smallest absolute Gasteiger partial charge is 0.181 e. The van der Waals surface area contributed by atoms with Crippen LogP contribution >= 0.6 is 11.3 Å². The molecule has 0 radical (unpaired) electrons. The standard InChI is InChI=1S/C17H20N2OS/c1-6-15(19-8-12(4)11(2)3)14-7-17(21-13(14)5)16-9-18-10-20-16/h6-11H,1H2,2-5H3/b12-8-,19-15?. The Bertz CT molecular complexity index is 676. The maximum Gasteiger partial charge on any atom is 0.181 e. The molecule has 0 spiro atoms. The Balaban J connectivity index is 2.37. The Hall–Kier alpha value is -1.94. The number of nitrogens with zero attached hydrogens (tertiary/aromatic N) is 2. The van der Waals surface area contributed by atoms with Gasteiger partial charge < -0.3 is 4.42 Å². The summed E-state index contributed by atoms with van der Waals surface area (Å²) in [5, 5.41) is 0. The summed E-state index contributed by atoms with van der Waals surface area (Å²) in [4.78, 5) is 10.8. The van der Waals surface area contributed by atoms with Crippen LogP contribution in [0, 0.1) is 12.8 Å². The molecule has 0 aromatic carbocycles. The number of allylic oxidation sites excluding steroid dienone is 2. The van der Waals surface area contributed by atoms with Gasteiger partial charge in [-0.3, -0.25) is 4.99 Å². The largest absolute Gasteiger partial charge is 0.443 e. The molecule has 0 N–H and O–H groups in total. The first-order valence-electron chi connectivity index (χ1n) is 6.89. The predicted octanol–water partition coefficient (Wildman–Crippen LogP) is 5.25. The van der Waals surface area contributed by atoms with Crippen molar-refractivity contribution in [2.45, 2.75) is 27.7 Å². The van der Waals surface area contributed by atoms with Crippen molar-refractivity contribution in [1.29, 1.82) is 0 Å². The molecule has 110 valence electrons. The minimum atomic E-state index is 0.494. The summed E-state index contributed by atoms with van der Waals surface area (Å²) in [6, 6.07) is 2.08. The molecular formula is C17H20N2OS. The van der Waals surface area contributed by atoms with E-state index < -0.39 is 0 Å². The van der Waals surface area contributed by atoms with E-state index in [0.29, 0.717) is 5.92 Å². The van der Waals surface area contributed by atoms with Crippen molar-refractivity contribution >= 4 is 17.0 Å². The summed E-state index contributed by atoms with van der Waals surface area (Å²) in [6.07, 6.45) is 6.89. The normalized spacial score (nSPS) is 13.0. The third-order valence-electron chi connectivity index (χ3n) is 3.38. The second kappa shape index (κ2) is 6.68. The van der Waals surface area contributed by atoms with Gasteiger partial charge in [-0.15, -0.1) is 11.3 Å². The van der Waals surface area contributed by atoms with E-state index in [0.717, 1.165) is 21.9 Å². The van der Waals surface area contributed by atoms with Gasteiger partial charge in [0, 0.05) is 16.6 Å². The van der Waals surface area contributed by atoms with Crippen molar-refractivity contribution in [3.05, 3.63) is 53.5 Å². The Kier molecular flexibility index (Phi) is 4.91. The Morgan fingerprint density at radius 2 is 2.24 bits per heavy atom. The third-order valence-corrected chi connectivity index (χ3v) is 4.45. The van der Waals surface area contributed by atoms with Crippen LogP contribution in [0.25, 0.3) is 10.6 Å². The first kappa shape index (κ1) is 15.4. The minimum Gasteiger partial charge on any atom is -0.443 e. The van der Waals surface area contributed by atoms with Crippen LogP contribution in [0.3, 0.4) is 0 Å². The maximum absolute atomic E-state index is 5.35. The van der Waals surface area contributed by atoms with Gasteiger partial charge in [-0.25, -0.2) is 4.98 Å². The molecule has 0 amide bonds. The van der Waals surface area contributed by atoms with E-state index in [-0.39, 0.29) is 0 Å². The number of oxazole rings is 1. The van der Waals surface area contributed by atoms with Crippen LogP contribution in [0.15, 0.2) is 52.5 Å². The summed E-state index contributed by atoms with van der Waals surface area (Å²) in [5.74, 6) is 1.28. The van der Waals surface area contributed by atoms with Crippen LogP contribution in [0.1, 0.15) is 31.2 Å². The highest BCUT2D eigenvalue weighted by atomic mass is 32.1. The van der Waals surface area contributed by atoms with Gasteiger partial charge in [0.05, 0.1) is 16.8 Å². The van der Waals surface area contributed by atoms with Crippen molar-refractivity contribution < 1.29 is 4.42 Å². The van der Waals surface area contributed by atoms with Crippen LogP contribution in [0.4, 0.5) is 0 Å². The molecule has 2 aromatic rings. The Morgan fingerprint density at radius 1 is 1.48 bits per heavy atom. The van der Waals surface area contributed by atoms with E-state index >= 15 is 0 Å². The quantitative estimate of drug-likeness (QED) is 0.708. The number of hydrogen-bond donors (Lipinski definition) is 0. The predicted molar refractivity (Wildman–Crippen MR) is 89.9 cm³/mol. The summed E-state index contributed by atoms with van der Waals surface area (Å²) >= 11 is 1.67. The first-order valence-corrected chi connectivity index (χ1v) is 7.71. The zero-order chi connectivity index (χ0) is 15.4. The van der Waals surface area contributed by atoms with E-state index in [1.165, 1.54) is 16.8 Å². The van der Waals surface area contributed by atoms with Crippen LogP contribution in [-0.2, 0) is 0 Å². The average Bonchev–Trinajstić information content (AvgIpc) is 3.09. The van der Waals surface area contributed by atoms with Crippen LogP contribution in [0.2, 0.25) is 0 Å². The molecule has 2 aromatic heterocycles. The van der Waals surface area contributed by atoms with E-state index in [9.17, 15) is 0 Å². The third kappa shape index (κ3) is 3.58. The van der Waals surface area contributed by atoms with Gasteiger partial charge >= 0.3 is 0 Å². The number of thiophene rings is 1. The van der Waals surface area contributed by atoms with Crippen molar-refractivity contribution in [1.82, 2.24) is 4.98 Å². The lowest BCUT2D eigenvalue weighted by Crippen LogP contribution is -1.96. The molecular weight excluding hydrogens is 280 g/mol. The molecule has 0 aliphatic heterocycles. The van der Waals surface area contributed by atoms with Gasteiger partial charge in [-0.1, -0.05) is 26.0 Å². The molecule has 2 heterocycles. The molecule has 0 aliphatic rings. The molecule has 0 saturated heterocycles. The lowest BCUT2D eigenvalue weighted by Gasteiger charge is -2.03. The molecule has 2 rings (SSSR count). The van der Waals surface area contributed by atoms with Crippen molar-refractivity contribution in [3.8, 4) is 10.6 Å². The highest BCUT2D eigenvalue weighted by Gasteiger charge is 2.12. The minimum absolute atomic E-state index is 0.494. The first-order chi connectivity index (χ1) is 10.0. The number of rotatable bonds is 5. The number of aryl methyl sites for hydroxylation is 1. The lowest BCUT2D eigenvalue weighted by molar-refractivity contribution is 0.573. The van der Waals surface area contributed by atoms with Gasteiger partial charge in [-0.05, 0) is 31.9 Å². The Labute approximate surface area is 129 Å². The molecule has 0 aliphatic carbocycles. The number of aliphatic imine (C=N–C) groups is 1. The van der Waals surface area contributed by atoms with E-state index in [1.807, 2.05) is 6.20 Å². The zero-order valence-corrected chi connectivity index (χ0v) is 13.7. The second-order valence-electron chi connectivity index (χ2n) is 5.19. The van der Waals surface area contributed by atoms with E-state index in [4.69, 9.17) is 4.42 Å². The summed E-state index contributed by atoms with van der Waals surface area (Å²) in [5.41, 5.74) is 3.22. The maximum atomic E-state index is 5.35. The zero-order valence-electron chi connectivity index (χ0n) is 12.9. The number of aromatic nitrogens is 1. The van der Waals surface area contributed by atoms with Gasteiger partial charge in [0.25, 0.3) is 0 Å². The van der Waals surface area contributed by atoms with Gasteiger partial charge in [0.2, 0.25) is 0 Å². The fourth-order valence-electron chi connectivity index (χ4n) is 1.75. The summed E-state index contributed by atoms with van der Waals surface area (Å²) in [7, 11) is 0. The van der Waals surface area contributed by atoms with Crippen LogP contribution in [0.5, 0.6) is 0 Å². The van der Waals surface area contributed by atoms with Crippen molar-refractivity contribution in [2.75, 3.05) is 0 Å². The van der Waals surface area contributed by atoms with Gasteiger partial charge in [0.1, 0.15) is 0 Å². The monoisotopic (exact) mass is 300 g/mol.